The van der Waals surface area contributed by atoms with Crippen molar-refractivity contribution in [3.05, 3.63) is 60.3 Å². The van der Waals surface area contributed by atoms with Crippen LogP contribution >= 0.6 is 11.8 Å². The number of aromatic amines is 1. The standard InChI is InChI=1S/C23H23N5O3S2/c1-15-6-2-5-9-20(15)28-22(18-12-24-19-8-4-3-7-17(18)19)26-27-23(28)32-13-21(29)25-16-10-11-33(30,31)14-16/h2-9,12,16,24H,10-11,13-14H2,1H3,(H,25,29)/t16-/m0/s1. The van der Waals surface area contributed by atoms with E-state index in [9.17, 15) is 13.2 Å². The van der Waals surface area contributed by atoms with Crippen molar-refractivity contribution in [2.75, 3.05) is 17.3 Å². The van der Waals surface area contributed by atoms with Crippen LogP contribution in [0.4, 0.5) is 0 Å². The second-order valence-corrected chi connectivity index (χ2v) is 11.3. The Labute approximate surface area is 195 Å². The lowest BCUT2D eigenvalue weighted by molar-refractivity contribution is -0.119. The molecule has 2 N–H and O–H groups in total. The van der Waals surface area contributed by atoms with Gasteiger partial charge in [-0.1, -0.05) is 48.2 Å². The molecule has 1 fully saturated rings. The van der Waals surface area contributed by atoms with Crippen LogP contribution in [0.1, 0.15) is 12.0 Å². The van der Waals surface area contributed by atoms with Crippen LogP contribution in [0.25, 0.3) is 28.0 Å². The molecule has 2 aromatic carbocycles. The number of nitrogens with zero attached hydrogens (tertiary/aromatic N) is 3. The summed E-state index contributed by atoms with van der Waals surface area (Å²) in [5.41, 5.74) is 3.93. The number of H-pyrrole nitrogens is 1. The molecule has 4 aromatic rings. The average Bonchev–Trinajstić information content (AvgIpc) is 3.49. The molecule has 1 aliphatic rings. The number of nitrogens with one attached hydrogen (secondary N) is 2. The number of hydrogen-bond donors (Lipinski definition) is 2. The number of thioether (sulfide) groups is 1. The topological polar surface area (TPSA) is 110 Å². The first-order valence-electron chi connectivity index (χ1n) is 10.6. The Balaban J connectivity index is 1.46. The lowest BCUT2D eigenvalue weighted by Gasteiger charge is -2.13. The van der Waals surface area contributed by atoms with Gasteiger partial charge in [0.2, 0.25) is 5.91 Å². The summed E-state index contributed by atoms with van der Waals surface area (Å²) in [6.45, 7) is 2.02. The number of aryl methyl sites for hydroxylation is 1. The summed E-state index contributed by atoms with van der Waals surface area (Å²) in [4.78, 5) is 15.8. The number of amides is 1. The van der Waals surface area contributed by atoms with E-state index in [0.29, 0.717) is 17.4 Å². The molecule has 0 bridgehead atoms. The van der Waals surface area contributed by atoms with Gasteiger partial charge < -0.3 is 10.3 Å². The monoisotopic (exact) mass is 481 g/mol. The average molecular weight is 482 g/mol. The van der Waals surface area contributed by atoms with Gasteiger partial charge in [0.25, 0.3) is 0 Å². The highest BCUT2D eigenvalue weighted by Gasteiger charge is 2.29. The SMILES string of the molecule is Cc1ccccc1-n1c(SCC(=O)N[C@H]2CCS(=O)(=O)C2)nnc1-c1c[nH]c2ccccc12. The number of hydrogen-bond acceptors (Lipinski definition) is 6. The van der Waals surface area contributed by atoms with Crippen LogP contribution in [0.5, 0.6) is 0 Å². The van der Waals surface area contributed by atoms with Gasteiger partial charge in [-0.3, -0.25) is 9.36 Å². The van der Waals surface area contributed by atoms with Crippen LogP contribution in [0, 0.1) is 6.92 Å². The molecule has 1 aliphatic heterocycles. The molecular formula is C23H23N5O3S2. The predicted molar refractivity (Wildman–Crippen MR) is 129 cm³/mol. The maximum atomic E-state index is 12.5. The minimum atomic E-state index is -3.05. The summed E-state index contributed by atoms with van der Waals surface area (Å²) >= 11 is 1.28. The summed E-state index contributed by atoms with van der Waals surface area (Å²) in [7, 11) is -3.05. The van der Waals surface area contributed by atoms with E-state index in [-0.39, 0.29) is 29.2 Å². The number of sulfone groups is 1. The summed E-state index contributed by atoms with van der Waals surface area (Å²) in [6, 6.07) is 15.7. The second-order valence-electron chi connectivity index (χ2n) is 8.13. The van der Waals surface area contributed by atoms with Crippen molar-refractivity contribution in [1.82, 2.24) is 25.1 Å². The normalized spacial score (nSPS) is 17.4. The Morgan fingerprint density at radius 1 is 1.18 bits per heavy atom. The zero-order chi connectivity index (χ0) is 23.0. The zero-order valence-electron chi connectivity index (χ0n) is 18.0. The van der Waals surface area contributed by atoms with Gasteiger partial charge >= 0.3 is 0 Å². The molecule has 8 nitrogen and oxygen atoms in total. The van der Waals surface area contributed by atoms with Gasteiger partial charge in [-0.2, -0.15) is 0 Å². The molecule has 0 radical (unpaired) electrons. The quantitative estimate of drug-likeness (QED) is 0.410. The predicted octanol–water partition coefficient (Wildman–Crippen LogP) is 3.12. The minimum Gasteiger partial charge on any atom is -0.360 e. The molecule has 10 heteroatoms. The first-order valence-corrected chi connectivity index (χ1v) is 13.4. The van der Waals surface area contributed by atoms with Crippen LogP contribution in [-0.2, 0) is 14.6 Å². The Bertz CT molecular complexity index is 1440. The van der Waals surface area contributed by atoms with E-state index < -0.39 is 9.84 Å². The maximum Gasteiger partial charge on any atom is 0.230 e. The Hall–Kier alpha value is -3.11. The van der Waals surface area contributed by atoms with Gasteiger partial charge in [0.05, 0.1) is 22.9 Å². The first kappa shape index (κ1) is 21.7. The van der Waals surface area contributed by atoms with Gasteiger partial charge in [-0.15, -0.1) is 10.2 Å². The Morgan fingerprint density at radius 3 is 2.76 bits per heavy atom. The van der Waals surface area contributed by atoms with E-state index >= 15 is 0 Å². The summed E-state index contributed by atoms with van der Waals surface area (Å²) in [6.07, 6.45) is 2.38. The van der Waals surface area contributed by atoms with Crippen molar-refractivity contribution in [2.24, 2.45) is 0 Å². The number of benzene rings is 2. The molecule has 1 atom stereocenters. The van der Waals surface area contributed by atoms with E-state index in [1.807, 2.05) is 66.2 Å². The van der Waals surface area contributed by atoms with E-state index in [2.05, 4.69) is 20.5 Å². The molecule has 170 valence electrons. The van der Waals surface area contributed by atoms with Crippen molar-refractivity contribution < 1.29 is 13.2 Å². The van der Waals surface area contributed by atoms with Crippen LogP contribution in [0.15, 0.2) is 59.9 Å². The van der Waals surface area contributed by atoms with E-state index in [0.717, 1.165) is 27.7 Å². The summed E-state index contributed by atoms with van der Waals surface area (Å²) < 4.78 is 25.3. The van der Waals surface area contributed by atoms with Crippen molar-refractivity contribution in [1.29, 1.82) is 0 Å². The third-order valence-electron chi connectivity index (χ3n) is 5.75. The van der Waals surface area contributed by atoms with Gasteiger partial charge in [0.15, 0.2) is 20.8 Å². The van der Waals surface area contributed by atoms with Crippen LogP contribution in [0.3, 0.4) is 0 Å². The number of fused-ring (bicyclic) bond motifs is 1. The smallest absolute Gasteiger partial charge is 0.230 e. The summed E-state index contributed by atoms with van der Waals surface area (Å²) in [5, 5.41) is 13.4. The fourth-order valence-electron chi connectivity index (χ4n) is 4.13. The molecule has 0 saturated carbocycles. The number of carbonyl (C=O) groups excluding carboxylic acids is 1. The fourth-order valence-corrected chi connectivity index (χ4v) is 6.56. The van der Waals surface area contributed by atoms with E-state index in [4.69, 9.17) is 0 Å². The summed E-state index contributed by atoms with van der Waals surface area (Å²) in [5.74, 6) is 0.726. The Kier molecular flexibility index (Phi) is 5.71. The molecular weight excluding hydrogens is 458 g/mol. The largest absolute Gasteiger partial charge is 0.360 e. The third kappa shape index (κ3) is 4.40. The molecule has 0 aliphatic carbocycles. The minimum absolute atomic E-state index is 0.00745. The lowest BCUT2D eigenvalue weighted by atomic mass is 10.1. The molecule has 0 unspecified atom stereocenters. The van der Waals surface area contributed by atoms with Gasteiger partial charge in [0.1, 0.15) is 0 Å². The fraction of sp³-hybridized carbons (Fsp3) is 0.261. The molecule has 0 spiro atoms. The Morgan fingerprint density at radius 2 is 1.97 bits per heavy atom. The highest BCUT2D eigenvalue weighted by molar-refractivity contribution is 7.99. The molecule has 1 saturated heterocycles. The molecule has 2 aromatic heterocycles. The second kappa shape index (κ2) is 8.68. The third-order valence-corrected chi connectivity index (χ3v) is 8.45. The number of carbonyl (C=O) groups is 1. The lowest BCUT2D eigenvalue weighted by Crippen LogP contribution is -2.36. The van der Waals surface area contributed by atoms with Crippen LogP contribution < -0.4 is 5.32 Å². The molecule has 1 amide bonds. The van der Waals surface area contributed by atoms with Crippen molar-refractivity contribution in [3.63, 3.8) is 0 Å². The highest BCUT2D eigenvalue weighted by atomic mass is 32.2. The number of para-hydroxylation sites is 2. The maximum absolute atomic E-state index is 12.5. The van der Waals surface area contributed by atoms with Gasteiger partial charge in [-0.05, 0) is 31.0 Å². The van der Waals surface area contributed by atoms with E-state index in [1.54, 1.807) is 0 Å². The number of rotatable bonds is 6. The van der Waals surface area contributed by atoms with Crippen LogP contribution in [0.2, 0.25) is 0 Å². The highest BCUT2D eigenvalue weighted by Crippen LogP contribution is 2.33. The van der Waals surface area contributed by atoms with Crippen LogP contribution in [-0.4, -0.2) is 57.4 Å². The van der Waals surface area contributed by atoms with Crippen molar-refractivity contribution in [3.8, 4) is 17.1 Å². The molecule has 3 heterocycles. The molecule has 33 heavy (non-hydrogen) atoms. The molecule has 5 rings (SSSR count). The first-order chi connectivity index (χ1) is 15.9. The van der Waals surface area contributed by atoms with Crippen molar-refractivity contribution in [2.45, 2.75) is 24.5 Å². The van der Waals surface area contributed by atoms with Gasteiger partial charge in [-0.25, -0.2) is 8.42 Å². The zero-order valence-corrected chi connectivity index (χ0v) is 19.6. The van der Waals surface area contributed by atoms with E-state index in [1.165, 1.54) is 11.8 Å². The van der Waals surface area contributed by atoms with Gasteiger partial charge in [0, 0.05) is 28.7 Å². The number of aromatic nitrogens is 4. The van der Waals surface area contributed by atoms with Crippen molar-refractivity contribution >= 4 is 38.4 Å².